The maximum Gasteiger partial charge on any atom is 0.244 e. The zero-order chi connectivity index (χ0) is 19.4. The van der Waals surface area contributed by atoms with Crippen LogP contribution in [-0.4, -0.2) is 52.9 Å². The molecule has 0 bridgehead atoms. The predicted octanol–water partition coefficient (Wildman–Crippen LogP) is 2.72. The highest BCUT2D eigenvalue weighted by Gasteiger charge is 2.21. The Morgan fingerprint density at radius 2 is 2.30 bits per heavy atom. The van der Waals surface area contributed by atoms with E-state index in [0.29, 0.717) is 13.1 Å². The van der Waals surface area contributed by atoms with E-state index >= 15 is 0 Å². The van der Waals surface area contributed by atoms with Crippen molar-refractivity contribution in [3.63, 3.8) is 0 Å². The Hall–Kier alpha value is -1.99. The molecular formula is C19H26ClN5OS. The number of fused-ring (bicyclic) bond motifs is 1. The summed E-state index contributed by atoms with van der Waals surface area (Å²) in [6.07, 6.45) is 2.82. The molecule has 1 aliphatic heterocycles. The van der Waals surface area contributed by atoms with Crippen molar-refractivity contribution >= 4 is 34.8 Å². The van der Waals surface area contributed by atoms with E-state index in [-0.39, 0.29) is 12.5 Å². The van der Waals surface area contributed by atoms with Crippen molar-refractivity contribution in [1.82, 2.24) is 19.7 Å². The third-order valence-corrected chi connectivity index (χ3v) is 5.92. The molecule has 0 spiro atoms. The van der Waals surface area contributed by atoms with Crippen molar-refractivity contribution in [2.75, 3.05) is 26.7 Å². The van der Waals surface area contributed by atoms with E-state index in [0.717, 1.165) is 36.2 Å². The molecule has 0 aliphatic carbocycles. The summed E-state index contributed by atoms with van der Waals surface area (Å²) < 4.78 is 2.00. The number of halogens is 1. The maximum absolute atomic E-state index is 12.6. The lowest BCUT2D eigenvalue weighted by molar-refractivity contribution is -0.130. The van der Waals surface area contributed by atoms with Crippen LogP contribution < -0.4 is 5.32 Å². The van der Waals surface area contributed by atoms with Gasteiger partial charge < -0.3 is 19.7 Å². The average molecular weight is 408 g/mol. The van der Waals surface area contributed by atoms with Crippen LogP contribution in [0.25, 0.3) is 0 Å². The molecule has 0 unspecified atom stereocenters. The fourth-order valence-corrected chi connectivity index (χ4v) is 4.38. The number of aryl methyl sites for hydroxylation is 1. The molecule has 2 aromatic rings. The van der Waals surface area contributed by atoms with Gasteiger partial charge in [-0.2, -0.15) is 0 Å². The van der Waals surface area contributed by atoms with Crippen molar-refractivity contribution in [3.05, 3.63) is 44.9 Å². The molecule has 0 saturated heterocycles. The predicted molar refractivity (Wildman–Crippen MR) is 111 cm³/mol. The van der Waals surface area contributed by atoms with Crippen LogP contribution in [0.1, 0.15) is 23.1 Å². The number of carbonyl (C=O) groups excluding carboxylic acids is 1. The van der Waals surface area contributed by atoms with Crippen molar-refractivity contribution in [1.29, 1.82) is 0 Å². The zero-order valence-electron chi connectivity index (χ0n) is 16.0. The van der Waals surface area contributed by atoms with Gasteiger partial charge in [-0.3, -0.25) is 4.79 Å². The lowest BCUT2D eigenvalue weighted by atomic mass is 10.1. The fourth-order valence-electron chi connectivity index (χ4n) is 3.21. The van der Waals surface area contributed by atoms with Gasteiger partial charge in [-0.1, -0.05) is 11.6 Å². The van der Waals surface area contributed by atoms with E-state index in [9.17, 15) is 4.79 Å². The zero-order valence-corrected chi connectivity index (χ0v) is 17.6. The smallest absolute Gasteiger partial charge is 0.244 e. The lowest BCUT2D eigenvalue weighted by Crippen LogP contribution is -2.41. The molecule has 0 radical (unpaired) electrons. The molecule has 27 heavy (non-hydrogen) atoms. The highest BCUT2D eigenvalue weighted by Crippen LogP contribution is 2.24. The second kappa shape index (κ2) is 8.80. The Bertz CT molecular complexity index is 828. The van der Waals surface area contributed by atoms with E-state index in [1.807, 2.05) is 47.6 Å². The number of hydrogen-bond acceptors (Lipinski definition) is 3. The Morgan fingerprint density at radius 3 is 3.00 bits per heavy atom. The van der Waals surface area contributed by atoms with E-state index in [4.69, 9.17) is 11.6 Å². The summed E-state index contributed by atoms with van der Waals surface area (Å²) in [6, 6.07) is 4.06. The normalized spacial score (nSPS) is 14.2. The first-order valence-corrected chi connectivity index (χ1v) is 10.4. The third-order valence-electron chi connectivity index (χ3n) is 4.69. The Balaban J connectivity index is 1.62. The molecule has 3 rings (SSSR count). The van der Waals surface area contributed by atoms with Crippen LogP contribution in [-0.2, 0) is 31.4 Å². The van der Waals surface area contributed by atoms with Crippen LogP contribution >= 0.6 is 22.9 Å². The number of nitrogens with zero attached hydrogens (tertiary/aromatic N) is 4. The molecule has 1 aliphatic rings. The molecule has 6 nitrogen and oxygen atoms in total. The van der Waals surface area contributed by atoms with Crippen molar-refractivity contribution in [2.45, 2.75) is 26.4 Å². The summed E-state index contributed by atoms with van der Waals surface area (Å²) >= 11 is 7.85. The van der Waals surface area contributed by atoms with Gasteiger partial charge in [-0.25, -0.2) is 4.99 Å². The highest BCUT2D eigenvalue weighted by molar-refractivity contribution is 7.10. The quantitative estimate of drug-likeness (QED) is 0.612. The number of carbonyl (C=O) groups is 1. The SMILES string of the molecule is CCNC(=NCC(=O)N1CCc2sccc2C1)N(C)Cc1cc(Cl)cn1C. The summed E-state index contributed by atoms with van der Waals surface area (Å²) in [5.74, 6) is 0.786. The molecule has 1 amide bonds. The first-order chi connectivity index (χ1) is 13.0. The minimum absolute atomic E-state index is 0.0672. The van der Waals surface area contributed by atoms with Crippen molar-refractivity contribution in [2.24, 2.45) is 12.0 Å². The van der Waals surface area contributed by atoms with E-state index < -0.39 is 0 Å². The van der Waals surface area contributed by atoms with Crippen LogP contribution in [0.5, 0.6) is 0 Å². The van der Waals surface area contributed by atoms with E-state index in [1.54, 1.807) is 11.3 Å². The number of hydrogen-bond donors (Lipinski definition) is 1. The van der Waals surface area contributed by atoms with Gasteiger partial charge in [0.25, 0.3) is 0 Å². The van der Waals surface area contributed by atoms with Crippen molar-refractivity contribution in [3.8, 4) is 0 Å². The van der Waals surface area contributed by atoms with Crippen LogP contribution in [0.4, 0.5) is 0 Å². The monoisotopic (exact) mass is 407 g/mol. The second-order valence-electron chi connectivity index (χ2n) is 6.72. The molecule has 0 aromatic carbocycles. The molecule has 0 fully saturated rings. The summed E-state index contributed by atoms with van der Waals surface area (Å²) in [4.78, 5) is 22.5. The third kappa shape index (κ3) is 4.84. The van der Waals surface area contributed by atoms with E-state index in [1.165, 1.54) is 10.4 Å². The minimum Gasteiger partial charge on any atom is -0.357 e. The number of thiophene rings is 1. The van der Waals surface area contributed by atoms with Crippen LogP contribution in [0.15, 0.2) is 28.7 Å². The number of nitrogens with one attached hydrogen (secondary N) is 1. The molecule has 0 saturated carbocycles. The summed E-state index contributed by atoms with van der Waals surface area (Å²) in [5.41, 5.74) is 2.36. The van der Waals surface area contributed by atoms with Gasteiger partial charge in [-0.05, 0) is 36.4 Å². The van der Waals surface area contributed by atoms with Gasteiger partial charge in [0.15, 0.2) is 5.96 Å². The molecule has 3 heterocycles. The summed E-state index contributed by atoms with van der Waals surface area (Å²) in [7, 11) is 3.93. The lowest BCUT2D eigenvalue weighted by Gasteiger charge is -2.27. The van der Waals surface area contributed by atoms with Gasteiger partial charge >= 0.3 is 0 Å². The molecule has 2 aromatic heterocycles. The Morgan fingerprint density at radius 1 is 1.48 bits per heavy atom. The number of guanidine groups is 1. The molecule has 146 valence electrons. The number of aliphatic imine (C=N–C) groups is 1. The largest absolute Gasteiger partial charge is 0.357 e. The second-order valence-corrected chi connectivity index (χ2v) is 8.16. The van der Waals surface area contributed by atoms with Gasteiger partial charge in [0.2, 0.25) is 5.91 Å². The molecule has 1 N–H and O–H groups in total. The molecular weight excluding hydrogens is 382 g/mol. The molecule has 0 atom stereocenters. The van der Waals surface area contributed by atoms with Crippen molar-refractivity contribution < 1.29 is 4.79 Å². The first-order valence-electron chi connectivity index (χ1n) is 9.11. The Kier molecular flexibility index (Phi) is 6.44. The molecule has 8 heteroatoms. The first kappa shape index (κ1) is 19.8. The van der Waals surface area contributed by atoms with Gasteiger partial charge in [0, 0.05) is 50.5 Å². The van der Waals surface area contributed by atoms with E-state index in [2.05, 4.69) is 21.8 Å². The Labute approximate surface area is 169 Å². The topological polar surface area (TPSA) is 52.9 Å². The van der Waals surface area contributed by atoms with Gasteiger partial charge in [0.05, 0.1) is 11.6 Å². The van der Waals surface area contributed by atoms with Crippen LogP contribution in [0.3, 0.4) is 0 Å². The van der Waals surface area contributed by atoms with Crippen LogP contribution in [0, 0.1) is 0 Å². The summed E-state index contributed by atoms with van der Waals surface area (Å²) in [5, 5.41) is 6.08. The summed E-state index contributed by atoms with van der Waals surface area (Å²) in [6.45, 7) is 5.04. The number of aromatic nitrogens is 1. The maximum atomic E-state index is 12.6. The minimum atomic E-state index is 0.0672. The highest BCUT2D eigenvalue weighted by atomic mass is 35.5. The van der Waals surface area contributed by atoms with Crippen LogP contribution in [0.2, 0.25) is 5.02 Å². The number of rotatable bonds is 5. The van der Waals surface area contributed by atoms with Gasteiger partial charge in [0.1, 0.15) is 6.54 Å². The fraction of sp³-hybridized carbons (Fsp3) is 0.474. The van der Waals surface area contributed by atoms with Gasteiger partial charge in [-0.15, -0.1) is 11.3 Å². The standard InChI is InChI=1S/C19H26ClN5OS/c1-4-21-19(24(3)13-16-9-15(20)12-23(16)2)22-10-18(26)25-7-5-17-14(11-25)6-8-27-17/h6,8-9,12H,4-5,7,10-11,13H2,1-3H3,(H,21,22). The average Bonchev–Trinajstić information content (AvgIpc) is 3.23. The number of amides is 1.